The average Bonchev–Trinajstić information content (AvgIpc) is 2.17. The molecule has 0 saturated heterocycles. The zero-order valence-corrected chi connectivity index (χ0v) is 10.3. The van der Waals surface area contributed by atoms with Crippen molar-refractivity contribution < 1.29 is 4.74 Å². The molecule has 64 valence electrons. The van der Waals surface area contributed by atoms with Gasteiger partial charge in [-0.1, -0.05) is 28.1 Å². The van der Waals surface area contributed by atoms with E-state index in [1.54, 1.807) is 7.11 Å². The zero-order valence-electron chi connectivity index (χ0n) is 6.55. The van der Waals surface area contributed by atoms with Gasteiger partial charge in [-0.2, -0.15) is 0 Å². The summed E-state index contributed by atoms with van der Waals surface area (Å²) in [5, 5.41) is 0. The molecule has 0 fully saturated rings. The Morgan fingerprint density at radius 3 is 2.42 bits per heavy atom. The molecular formula is C9H8BrIO. The van der Waals surface area contributed by atoms with Crippen LogP contribution >= 0.6 is 38.5 Å². The lowest BCUT2D eigenvalue weighted by atomic mass is 10.2. The molecule has 1 nitrogen and oxygen atoms in total. The molecule has 0 heterocycles. The first-order valence-electron chi connectivity index (χ1n) is 3.38. The number of ether oxygens (including phenoxy) is 1. The predicted molar refractivity (Wildman–Crippen MR) is 63.9 cm³/mol. The largest absolute Gasteiger partial charge is 0.497 e. The first-order valence-corrected chi connectivity index (χ1v) is 5.37. The molecule has 0 saturated carbocycles. The highest BCUT2D eigenvalue weighted by atomic mass is 127. The Morgan fingerprint density at radius 1 is 1.42 bits per heavy atom. The summed E-state index contributed by atoms with van der Waals surface area (Å²) in [4.78, 5) is 1.90. The summed E-state index contributed by atoms with van der Waals surface area (Å²) in [7, 11) is 1.67. The van der Waals surface area contributed by atoms with Crippen LogP contribution in [0.25, 0.3) is 3.58 Å². The Balaban J connectivity index is 2.92. The molecule has 3 heteroatoms. The number of hydrogen-bond donors (Lipinski definition) is 0. The maximum Gasteiger partial charge on any atom is 0.118 e. The van der Waals surface area contributed by atoms with E-state index in [9.17, 15) is 0 Å². The molecule has 1 aromatic carbocycles. The van der Waals surface area contributed by atoms with E-state index in [2.05, 4.69) is 38.5 Å². The van der Waals surface area contributed by atoms with Crippen LogP contribution in [-0.2, 0) is 0 Å². The van der Waals surface area contributed by atoms with Gasteiger partial charge in [-0.3, -0.25) is 0 Å². The number of halogens is 2. The van der Waals surface area contributed by atoms with Crippen molar-refractivity contribution in [2.45, 2.75) is 0 Å². The molecule has 0 unspecified atom stereocenters. The molecule has 0 N–H and O–H groups in total. The van der Waals surface area contributed by atoms with Crippen LogP contribution in [-0.4, -0.2) is 7.11 Å². The number of hydrogen-bond acceptors (Lipinski definition) is 1. The van der Waals surface area contributed by atoms with E-state index >= 15 is 0 Å². The van der Waals surface area contributed by atoms with Gasteiger partial charge in [-0.05, 0) is 45.3 Å². The Labute approximate surface area is 94.1 Å². The van der Waals surface area contributed by atoms with Gasteiger partial charge in [0.15, 0.2) is 0 Å². The fourth-order valence-corrected chi connectivity index (χ4v) is 1.44. The van der Waals surface area contributed by atoms with Crippen molar-refractivity contribution in [3.8, 4) is 5.75 Å². The molecule has 1 rings (SSSR count). The normalized spacial score (nSPS) is 11.4. The van der Waals surface area contributed by atoms with Crippen LogP contribution in [0.15, 0.2) is 29.3 Å². The summed E-state index contributed by atoms with van der Waals surface area (Å²) < 4.78 is 6.23. The molecule has 0 aliphatic heterocycles. The minimum Gasteiger partial charge on any atom is -0.497 e. The Hall–Kier alpha value is -0.0300. The average molecular weight is 339 g/mol. The molecule has 0 spiro atoms. The highest BCUT2D eigenvalue weighted by molar-refractivity contribution is 14.1. The SMILES string of the molecule is COc1ccc(/C(I)=C/Br)cc1. The highest BCUT2D eigenvalue weighted by Gasteiger charge is 1.96. The molecule has 0 aliphatic carbocycles. The van der Waals surface area contributed by atoms with Crippen molar-refractivity contribution in [1.82, 2.24) is 0 Å². The van der Waals surface area contributed by atoms with Crippen molar-refractivity contribution >= 4 is 42.1 Å². The number of rotatable bonds is 2. The summed E-state index contributed by atoms with van der Waals surface area (Å²) in [5.74, 6) is 0.887. The van der Waals surface area contributed by atoms with Gasteiger partial charge in [0.2, 0.25) is 0 Å². The third kappa shape index (κ3) is 2.48. The van der Waals surface area contributed by atoms with E-state index in [4.69, 9.17) is 4.74 Å². The molecule has 0 atom stereocenters. The maximum absolute atomic E-state index is 5.05. The summed E-state index contributed by atoms with van der Waals surface area (Å²) in [6.07, 6.45) is 0. The second-order valence-corrected chi connectivity index (χ2v) is 3.81. The van der Waals surface area contributed by atoms with Crippen molar-refractivity contribution in [3.63, 3.8) is 0 Å². The maximum atomic E-state index is 5.05. The van der Waals surface area contributed by atoms with Gasteiger partial charge in [0, 0.05) is 3.58 Å². The van der Waals surface area contributed by atoms with Gasteiger partial charge < -0.3 is 4.74 Å². The third-order valence-electron chi connectivity index (χ3n) is 1.46. The summed E-state index contributed by atoms with van der Waals surface area (Å²) in [5.41, 5.74) is 1.19. The van der Waals surface area contributed by atoms with Gasteiger partial charge >= 0.3 is 0 Å². The number of benzene rings is 1. The molecule has 1 aromatic rings. The second-order valence-electron chi connectivity index (χ2n) is 2.19. The minimum atomic E-state index is 0.887. The van der Waals surface area contributed by atoms with E-state index in [0.29, 0.717) is 0 Å². The van der Waals surface area contributed by atoms with Crippen molar-refractivity contribution in [2.24, 2.45) is 0 Å². The monoisotopic (exact) mass is 338 g/mol. The predicted octanol–water partition coefficient (Wildman–Crippen LogP) is 3.82. The topological polar surface area (TPSA) is 9.23 Å². The standard InChI is InChI=1S/C9H8BrIO/c1-12-8-4-2-7(3-5-8)9(11)6-10/h2-6H,1H3/b9-6-. The fraction of sp³-hybridized carbons (Fsp3) is 0.111. The van der Waals surface area contributed by atoms with Crippen molar-refractivity contribution in [1.29, 1.82) is 0 Å². The smallest absolute Gasteiger partial charge is 0.118 e. The lowest BCUT2D eigenvalue weighted by molar-refractivity contribution is 0.415. The van der Waals surface area contributed by atoms with Gasteiger partial charge in [0.05, 0.1) is 7.11 Å². The Morgan fingerprint density at radius 2 is 2.00 bits per heavy atom. The molecule has 0 amide bonds. The quantitative estimate of drug-likeness (QED) is 0.745. The third-order valence-corrected chi connectivity index (χ3v) is 3.71. The zero-order chi connectivity index (χ0) is 8.97. The van der Waals surface area contributed by atoms with Crippen LogP contribution in [0.4, 0.5) is 0 Å². The molecule has 0 aliphatic rings. The van der Waals surface area contributed by atoms with Gasteiger partial charge in [-0.25, -0.2) is 0 Å². The van der Waals surface area contributed by atoms with Crippen LogP contribution in [0.3, 0.4) is 0 Å². The molecule has 12 heavy (non-hydrogen) atoms. The second kappa shape index (κ2) is 4.87. The Kier molecular flexibility index (Phi) is 4.08. The van der Waals surface area contributed by atoms with E-state index < -0.39 is 0 Å². The fourth-order valence-electron chi connectivity index (χ4n) is 0.813. The van der Waals surface area contributed by atoms with E-state index in [0.717, 1.165) is 5.75 Å². The van der Waals surface area contributed by atoms with E-state index in [1.165, 1.54) is 9.14 Å². The summed E-state index contributed by atoms with van der Waals surface area (Å²) in [6.45, 7) is 0. The van der Waals surface area contributed by atoms with Gasteiger partial charge in [0.25, 0.3) is 0 Å². The molecular weight excluding hydrogens is 331 g/mol. The van der Waals surface area contributed by atoms with Crippen LogP contribution in [0.1, 0.15) is 5.56 Å². The first-order chi connectivity index (χ1) is 5.77. The summed E-state index contributed by atoms with van der Waals surface area (Å²) in [6, 6.07) is 7.95. The Bertz CT molecular complexity index is 279. The van der Waals surface area contributed by atoms with Gasteiger partial charge in [-0.15, -0.1) is 0 Å². The van der Waals surface area contributed by atoms with Crippen molar-refractivity contribution in [3.05, 3.63) is 34.8 Å². The van der Waals surface area contributed by atoms with E-state index in [1.807, 2.05) is 29.3 Å². The van der Waals surface area contributed by atoms with Crippen LogP contribution in [0.5, 0.6) is 5.75 Å². The minimum absolute atomic E-state index is 0.887. The lowest BCUT2D eigenvalue weighted by Crippen LogP contribution is -1.82. The van der Waals surface area contributed by atoms with Crippen LogP contribution < -0.4 is 4.74 Å². The molecule has 0 aromatic heterocycles. The van der Waals surface area contributed by atoms with E-state index in [-0.39, 0.29) is 0 Å². The highest BCUT2D eigenvalue weighted by Crippen LogP contribution is 2.24. The molecule has 0 bridgehead atoms. The number of methoxy groups -OCH3 is 1. The van der Waals surface area contributed by atoms with Crippen LogP contribution in [0, 0.1) is 0 Å². The van der Waals surface area contributed by atoms with Crippen LogP contribution in [0.2, 0.25) is 0 Å². The first kappa shape index (κ1) is 10.1. The van der Waals surface area contributed by atoms with Crippen molar-refractivity contribution in [2.75, 3.05) is 7.11 Å². The molecule has 0 radical (unpaired) electrons. The lowest BCUT2D eigenvalue weighted by Gasteiger charge is -2.01. The summed E-state index contributed by atoms with van der Waals surface area (Å²) >= 11 is 5.55. The van der Waals surface area contributed by atoms with Gasteiger partial charge in [0.1, 0.15) is 5.75 Å².